The maximum Gasteiger partial charge on any atom is 0.287 e. The Morgan fingerprint density at radius 2 is 1.85 bits per heavy atom. The van der Waals surface area contributed by atoms with Crippen LogP contribution in [0.2, 0.25) is 0 Å². The van der Waals surface area contributed by atoms with Gasteiger partial charge in [0.25, 0.3) is 5.91 Å². The molecule has 5 atom stereocenters. The molecule has 1 aromatic rings. The molecular formula is C29H43N5O4S. The maximum absolute atomic E-state index is 14.3. The zero-order chi connectivity index (χ0) is 27.9. The molecule has 214 valence electrons. The van der Waals surface area contributed by atoms with Crippen molar-refractivity contribution in [2.45, 2.75) is 103 Å². The second-order valence-corrected chi connectivity index (χ2v) is 13.6. The molecule has 4 fully saturated rings. The van der Waals surface area contributed by atoms with Crippen molar-refractivity contribution < 1.29 is 19.2 Å². The summed E-state index contributed by atoms with van der Waals surface area (Å²) in [4.78, 5) is 59.0. The van der Waals surface area contributed by atoms with Crippen molar-refractivity contribution in [3.8, 4) is 0 Å². The van der Waals surface area contributed by atoms with Crippen LogP contribution < -0.4 is 16.4 Å². The topological polar surface area (TPSA) is 134 Å². The summed E-state index contributed by atoms with van der Waals surface area (Å²) in [7, 11) is 0. The molecule has 0 bridgehead atoms. The normalized spacial score (nSPS) is 27.7. The van der Waals surface area contributed by atoms with Crippen LogP contribution in [0, 0.1) is 29.1 Å². The number of hydrogen-bond acceptors (Lipinski definition) is 7. The molecule has 10 heteroatoms. The molecule has 4 aliphatic rings. The van der Waals surface area contributed by atoms with E-state index >= 15 is 0 Å². The van der Waals surface area contributed by atoms with Crippen molar-refractivity contribution in [3.63, 3.8) is 0 Å². The number of nitrogens with one attached hydrogen (secondary N) is 2. The van der Waals surface area contributed by atoms with Gasteiger partial charge in [0.2, 0.25) is 17.6 Å². The lowest BCUT2D eigenvalue weighted by atomic mass is 9.80. The van der Waals surface area contributed by atoms with Crippen LogP contribution in [-0.4, -0.2) is 58.1 Å². The van der Waals surface area contributed by atoms with Crippen LogP contribution in [0.5, 0.6) is 0 Å². The molecule has 3 amide bonds. The number of nitrogens with two attached hydrogens (primary N) is 1. The van der Waals surface area contributed by atoms with E-state index in [1.807, 2.05) is 5.38 Å². The Labute approximate surface area is 235 Å². The Bertz CT molecular complexity index is 1110. The molecule has 0 radical (unpaired) electrons. The molecule has 1 aliphatic heterocycles. The Hall–Kier alpha value is -2.49. The summed E-state index contributed by atoms with van der Waals surface area (Å²) in [5.74, 6) is -1.45. The number of carbonyl (C=O) groups excluding carboxylic acids is 4. The van der Waals surface area contributed by atoms with Crippen molar-refractivity contribution in [2.24, 2.45) is 34.8 Å². The molecule has 9 nitrogen and oxygen atoms in total. The molecule has 5 rings (SSSR count). The van der Waals surface area contributed by atoms with E-state index < -0.39 is 29.8 Å². The van der Waals surface area contributed by atoms with Crippen molar-refractivity contribution in [2.75, 3.05) is 11.9 Å². The molecule has 2 heterocycles. The minimum atomic E-state index is -1.03. The number of aryl methyl sites for hydroxylation is 1. The second kappa shape index (κ2) is 11.2. The fourth-order valence-electron chi connectivity index (χ4n) is 7.23. The maximum atomic E-state index is 14.3. The third-order valence-electron chi connectivity index (χ3n) is 10.0. The molecule has 4 N–H and O–H groups in total. The number of hydrogen-bond donors (Lipinski definition) is 3. The smallest absolute Gasteiger partial charge is 0.287 e. The predicted molar refractivity (Wildman–Crippen MR) is 150 cm³/mol. The van der Waals surface area contributed by atoms with Crippen LogP contribution in [0.4, 0.5) is 5.13 Å². The van der Waals surface area contributed by atoms with Crippen LogP contribution in [0.15, 0.2) is 5.38 Å². The molecule has 39 heavy (non-hydrogen) atoms. The quantitative estimate of drug-likeness (QED) is 0.358. The molecular weight excluding hydrogens is 514 g/mol. The van der Waals surface area contributed by atoms with Crippen LogP contribution in [0.1, 0.15) is 84.3 Å². The molecule has 3 saturated carbocycles. The highest BCUT2D eigenvalue weighted by molar-refractivity contribution is 7.13. The summed E-state index contributed by atoms with van der Waals surface area (Å²) in [5, 5.41) is 9.12. The summed E-state index contributed by atoms with van der Waals surface area (Å²) in [6, 6.07) is -2.05. The molecule has 1 aromatic heterocycles. The van der Waals surface area contributed by atoms with Gasteiger partial charge in [-0.05, 0) is 54.8 Å². The van der Waals surface area contributed by atoms with Crippen molar-refractivity contribution in [1.29, 1.82) is 0 Å². The van der Waals surface area contributed by atoms with E-state index in [0.29, 0.717) is 18.9 Å². The first-order valence-electron chi connectivity index (χ1n) is 14.8. The molecule has 3 aliphatic carbocycles. The monoisotopic (exact) mass is 557 g/mol. The van der Waals surface area contributed by atoms with Gasteiger partial charge in [0, 0.05) is 11.9 Å². The largest absolute Gasteiger partial charge is 0.363 e. The summed E-state index contributed by atoms with van der Waals surface area (Å²) in [6.07, 6.45) is 9.60. The number of piperidine rings is 1. The van der Waals surface area contributed by atoms with Gasteiger partial charge in [0.05, 0.1) is 11.7 Å². The van der Waals surface area contributed by atoms with Crippen LogP contribution in [-0.2, 0) is 25.6 Å². The third-order valence-corrected chi connectivity index (χ3v) is 10.8. The SMILES string of the molecule is CCc1csc(N[C@H](C(=O)N2C[C@@H]3C(C2C(=O)NC(CC2CCC2)C(=O)C(N)=O)C3(C)C)C2CCCCC2)n1. The van der Waals surface area contributed by atoms with E-state index in [1.165, 1.54) is 17.8 Å². The van der Waals surface area contributed by atoms with Crippen LogP contribution in [0.3, 0.4) is 0 Å². The van der Waals surface area contributed by atoms with E-state index in [2.05, 4.69) is 36.4 Å². The Morgan fingerprint density at radius 1 is 1.13 bits per heavy atom. The number of fused-ring (bicyclic) bond motifs is 1. The Morgan fingerprint density at radius 3 is 2.44 bits per heavy atom. The number of ketones is 1. The van der Waals surface area contributed by atoms with Gasteiger partial charge in [-0.15, -0.1) is 11.3 Å². The van der Waals surface area contributed by atoms with Gasteiger partial charge in [-0.3, -0.25) is 19.2 Å². The van der Waals surface area contributed by atoms with Gasteiger partial charge in [0.1, 0.15) is 12.1 Å². The molecule has 0 aromatic carbocycles. The fraction of sp³-hybridized carbons (Fsp3) is 0.759. The van der Waals surface area contributed by atoms with E-state index in [4.69, 9.17) is 5.73 Å². The van der Waals surface area contributed by atoms with Gasteiger partial charge in [-0.25, -0.2) is 4.98 Å². The number of rotatable bonds is 11. The average Bonchev–Trinajstić information content (AvgIpc) is 3.28. The number of amides is 3. The summed E-state index contributed by atoms with van der Waals surface area (Å²) in [5.41, 5.74) is 6.28. The number of primary amides is 1. The first-order chi connectivity index (χ1) is 18.6. The van der Waals surface area contributed by atoms with E-state index in [-0.39, 0.29) is 35.0 Å². The van der Waals surface area contributed by atoms with Crippen LogP contribution >= 0.6 is 11.3 Å². The first kappa shape index (κ1) is 28.1. The summed E-state index contributed by atoms with van der Waals surface area (Å²) >= 11 is 1.52. The van der Waals surface area contributed by atoms with Gasteiger partial charge in [-0.2, -0.15) is 0 Å². The zero-order valence-corrected chi connectivity index (χ0v) is 24.2. The third kappa shape index (κ3) is 5.58. The predicted octanol–water partition coefficient (Wildman–Crippen LogP) is 3.28. The number of Topliss-reactive ketones (excluding diaryl/α,β-unsaturated/α-hetero) is 1. The minimum Gasteiger partial charge on any atom is -0.363 e. The second-order valence-electron chi connectivity index (χ2n) is 12.7. The highest BCUT2D eigenvalue weighted by Gasteiger charge is 2.69. The highest BCUT2D eigenvalue weighted by Crippen LogP contribution is 2.65. The lowest BCUT2D eigenvalue weighted by Crippen LogP contribution is -2.58. The number of nitrogens with zero attached hydrogens (tertiary/aromatic N) is 2. The van der Waals surface area contributed by atoms with E-state index in [9.17, 15) is 19.2 Å². The van der Waals surface area contributed by atoms with Crippen molar-refractivity contribution >= 4 is 40.0 Å². The Balaban J connectivity index is 1.38. The van der Waals surface area contributed by atoms with E-state index in [1.54, 1.807) is 4.90 Å². The zero-order valence-electron chi connectivity index (χ0n) is 23.4. The van der Waals surface area contributed by atoms with Gasteiger partial charge in [-0.1, -0.05) is 59.3 Å². The number of anilines is 1. The lowest BCUT2D eigenvalue weighted by molar-refractivity contribution is -0.144. The first-order valence-corrected chi connectivity index (χ1v) is 15.6. The molecule has 0 spiro atoms. The summed E-state index contributed by atoms with van der Waals surface area (Å²) in [6.45, 7) is 6.87. The van der Waals surface area contributed by atoms with Gasteiger partial charge < -0.3 is 21.3 Å². The average molecular weight is 558 g/mol. The van der Waals surface area contributed by atoms with Crippen molar-refractivity contribution in [3.05, 3.63) is 11.1 Å². The number of thiazole rings is 1. The summed E-state index contributed by atoms with van der Waals surface area (Å²) < 4.78 is 0. The highest BCUT2D eigenvalue weighted by atomic mass is 32.1. The number of likely N-dealkylation sites (tertiary alicyclic amines) is 1. The standard InChI is InChI=1S/C29H43N5O4S/c1-4-18-15-39-28(31-18)33-22(17-11-6-5-7-12-17)27(38)34-14-19-21(29(19,2)3)23(34)26(37)32-20(24(35)25(30)36)13-16-9-8-10-16/h15-17,19-23H,4-14H2,1-3H3,(H2,30,36)(H,31,33)(H,32,37)/t19-,20?,21?,22+,23?/m1/s1. The van der Waals surface area contributed by atoms with Gasteiger partial charge >= 0.3 is 0 Å². The Kier molecular flexibility index (Phi) is 8.04. The fourth-order valence-corrected chi connectivity index (χ4v) is 8.06. The van der Waals surface area contributed by atoms with Gasteiger partial charge in [0.15, 0.2) is 5.13 Å². The van der Waals surface area contributed by atoms with Crippen LogP contribution in [0.25, 0.3) is 0 Å². The minimum absolute atomic E-state index is 0.0213. The number of carbonyl (C=O) groups is 4. The molecule has 3 unspecified atom stereocenters. The number of aromatic nitrogens is 1. The van der Waals surface area contributed by atoms with Crippen molar-refractivity contribution in [1.82, 2.24) is 15.2 Å². The molecule has 1 saturated heterocycles. The lowest BCUT2D eigenvalue weighted by Gasteiger charge is -2.37. The van der Waals surface area contributed by atoms with E-state index in [0.717, 1.165) is 62.2 Å².